The molecule has 0 aliphatic heterocycles. The fourth-order valence-electron chi connectivity index (χ4n) is 1.71. The molecule has 1 aromatic heterocycles. The third-order valence-corrected chi connectivity index (χ3v) is 3.65. The van der Waals surface area contributed by atoms with Crippen molar-refractivity contribution in [2.75, 3.05) is 6.54 Å². The molecule has 0 amide bonds. The van der Waals surface area contributed by atoms with Gasteiger partial charge in [0.2, 0.25) is 0 Å². The molecule has 0 aliphatic rings. The molecule has 0 saturated carbocycles. The van der Waals surface area contributed by atoms with Gasteiger partial charge in [-0.15, -0.1) is 11.8 Å². The number of nitrogens with zero attached hydrogens (tertiary/aromatic N) is 2. The van der Waals surface area contributed by atoms with Crippen molar-refractivity contribution in [1.82, 2.24) is 15.3 Å². The Morgan fingerprint density at radius 2 is 2.20 bits per heavy atom. The first-order valence-corrected chi connectivity index (χ1v) is 7.66. The summed E-state index contributed by atoms with van der Waals surface area (Å²) in [6.07, 6.45) is 2.88. The van der Waals surface area contributed by atoms with Crippen molar-refractivity contribution in [2.24, 2.45) is 0 Å². The highest BCUT2D eigenvalue weighted by Crippen LogP contribution is 2.21. The van der Waals surface area contributed by atoms with Gasteiger partial charge in [-0.1, -0.05) is 13.0 Å². The fraction of sp³-hybridized carbons (Fsp3) is 0.333. The fourth-order valence-corrected chi connectivity index (χ4v) is 2.51. The Balaban J connectivity index is 1.91. The highest BCUT2D eigenvalue weighted by molar-refractivity contribution is 7.98. The second-order valence-electron chi connectivity index (χ2n) is 4.39. The van der Waals surface area contributed by atoms with Crippen molar-refractivity contribution in [1.29, 1.82) is 0 Å². The Bertz CT molecular complexity index is 548. The average Bonchev–Trinajstić information content (AvgIpc) is 2.46. The smallest absolute Gasteiger partial charge is 0.138 e. The molecule has 3 nitrogen and oxygen atoms in total. The average molecular weight is 291 g/mol. The third-order valence-electron chi connectivity index (χ3n) is 2.66. The highest BCUT2D eigenvalue weighted by atomic mass is 32.2. The van der Waals surface area contributed by atoms with Crippen LogP contribution in [0, 0.1) is 5.82 Å². The van der Waals surface area contributed by atoms with E-state index in [9.17, 15) is 4.39 Å². The first-order chi connectivity index (χ1) is 9.78. The van der Waals surface area contributed by atoms with Gasteiger partial charge in [0.05, 0.1) is 11.4 Å². The molecule has 1 heterocycles. The van der Waals surface area contributed by atoms with Gasteiger partial charge in [-0.3, -0.25) is 0 Å². The predicted molar refractivity (Wildman–Crippen MR) is 80.0 cm³/mol. The van der Waals surface area contributed by atoms with E-state index in [1.54, 1.807) is 12.3 Å². The van der Waals surface area contributed by atoms with Crippen LogP contribution in [0.4, 0.5) is 4.39 Å². The maximum Gasteiger partial charge on any atom is 0.138 e. The number of thioether (sulfide) groups is 1. The molecule has 2 rings (SSSR count). The zero-order valence-electron chi connectivity index (χ0n) is 11.5. The van der Waals surface area contributed by atoms with Crippen molar-refractivity contribution in [3.05, 3.63) is 53.9 Å². The molecule has 0 fully saturated rings. The van der Waals surface area contributed by atoms with Crippen LogP contribution in [0.15, 0.2) is 41.4 Å². The maximum atomic E-state index is 13.1. The van der Waals surface area contributed by atoms with E-state index in [2.05, 4.69) is 22.2 Å². The van der Waals surface area contributed by atoms with Gasteiger partial charge in [0.15, 0.2) is 0 Å². The van der Waals surface area contributed by atoms with Gasteiger partial charge < -0.3 is 5.32 Å². The number of benzene rings is 1. The lowest BCUT2D eigenvalue weighted by Gasteiger charge is -2.05. The summed E-state index contributed by atoms with van der Waals surface area (Å²) in [6, 6.07) is 8.49. The van der Waals surface area contributed by atoms with E-state index in [0.29, 0.717) is 5.75 Å². The van der Waals surface area contributed by atoms with Crippen LogP contribution in [-0.4, -0.2) is 16.5 Å². The summed E-state index contributed by atoms with van der Waals surface area (Å²) in [5, 5.41) is 3.31. The monoisotopic (exact) mass is 291 g/mol. The summed E-state index contributed by atoms with van der Waals surface area (Å²) < 4.78 is 13.1. The second kappa shape index (κ2) is 7.97. The molecular formula is C15H18FN3S. The molecule has 0 unspecified atom stereocenters. The van der Waals surface area contributed by atoms with E-state index in [1.807, 2.05) is 12.1 Å². The minimum Gasteiger partial charge on any atom is -0.311 e. The van der Waals surface area contributed by atoms with Crippen molar-refractivity contribution in [2.45, 2.75) is 30.5 Å². The topological polar surface area (TPSA) is 37.8 Å². The van der Waals surface area contributed by atoms with Gasteiger partial charge in [-0.25, -0.2) is 14.4 Å². The molecule has 106 valence electrons. The number of rotatable bonds is 7. The molecule has 1 N–H and O–H groups in total. The minimum absolute atomic E-state index is 0.214. The predicted octanol–water partition coefficient (Wildman–Crippen LogP) is 3.41. The summed E-state index contributed by atoms with van der Waals surface area (Å²) >= 11 is 1.54. The molecule has 0 spiro atoms. The second-order valence-corrected chi connectivity index (χ2v) is 5.44. The van der Waals surface area contributed by atoms with Crippen LogP contribution in [0.1, 0.15) is 24.9 Å². The number of hydrogen-bond donors (Lipinski definition) is 1. The van der Waals surface area contributed by atoms with Crippen LogP contribution in [0.2, 0.25) is 0 Å². The molecule has 0 saturated heterocycles. The van der Waals surface area contributed by atoms with Gasteiger partial charge in [-0.2, -0.15) is 0 Å². The van der Waals surface area contributed by atoms with E-state index in [-0.39, 0.29) is 5.82 Å². The van der Waals surface area contributed by atoms with Crippen molar-refractivity contribution >= 4 is 11.8 Å². The van der Waals surface area contributed by atoms with E-state index in [0.717, 1.165) is 35.9 Å². The first kappa shape index (κ1) is 14.9. The molecule has 0 aliphatic carbocycles. The first-order valence-electron chi connectivity index (χ1n) is 6.68. The number of hydrogen-bond acceptors (Lipinski definition) is 4. The van der Waals surface area contributed by atoms with Crippen molar-refractivity contribution in [3.63, 3.8) is 0 Å². The van der Waals surface area contributed by atoms with Gasteiger partial charge in [0, 0.05) is 17.6 Å². The van der Waals surface area contributed by atoms with Crippen LogP contribution in [0.3, 0.4) is 0 Å². The Morgan fingerprint density at radius 1 is 1.30 bits per heavy atom. The number of nitrogens with one attached hydrogen (secondary N) is 1. The van der Waals surface area contributed by atoms with Gasteiger partial charge >= 0.3 is 0 Å². The van der Waals surface area contributed by atoms with Crippen LogP contribution < -0.4 is 5.32 Å². The molecule has 0 bridgehead atoms. The standard InChI is InChI=1S/C15H18FN3S/c1-2-7-17-10-13-6-8-18-15(19-13)11-20-14-5-3-4-12(16)9-14/h3-6,8-9,17H,2,7,10-11H2,1H3. The van der Waals surface area contributed by atoms with Crippen molar-refractivity contribution in [3.8, 4) is 0 Å². The molecular weight excluding hydrogens is 273 g/mol. The Labute approximate surface area is 123 Å². The van der Waals surface area contributed by atoms with Gasteiger partial charge in [0.1, 0.15) is 11.6 Å². The third kappa shape index (κ3) is 4.90. The lowest BCUT2D eigenvalue weighted by molar-refractivity contribution is 0.624. The normalized spacial score (nSPS) is 10.7. The van der Waals surface area contributed by atoms with E-state index >= 15 is 0 Å². The van der Waals surface area contributed by atoms with Gasteiger partial charge in [0.25, 0.3) is 0 Å². The van der Waals surface area contributed by atoms with Crippen molar-refractivity contribution < 1.29 is 4.39 Å². The summed E-state index contributed by atoms with van der Waals surface area (Å²) in [6.45, 7) is 3.87. The molecule has 0 atom stereocenters. The molecule has 2 aromatic rings. The summed E-state index contributed by atoms with van der Waals surface area (Å²) in [5.41, 5.74) is 0.989. The summed E-state index contributed by atoms with van der Waals surface area (Å²) in [4.78, 5) is 9.64. The van der Waals surface area contributed by atoms with E-state index < -0.39 is 0 Å². The Hall–Kier alpha value is -1.46. The largest absolute Gasteiger partial charge is 0.311 e. The molecule has 20 heavy (non-hydrogen) atoms. The SMILES string of the molecule is CCCNCc1ccnc(CSc2cccc(F)c2)n1. The maximum absolute atomic E-state index is 13.1. The van der Waals surface area contributed by atoms with Gasteiger partial charge in [-0.05, 0) is 37.2 Å². The lowest BCUT2D eigenvalue weighted by Crippen LogP contribution is -2.15. The number of halogens is 1. The molecule has 5 heteroatoms. The van der Waals surface area contributed by atoms with Crippen LogP contribution in [-0.2, 0) is 12.3 Å². The van der Waals surface area contributed by atoms with Crippen LogP contribution >= 0.6 is 11.8 Å². The molecule has 1 aromatic carbocycles. The number of aromatic nitrogens is 2. The van der Waals surface area contributed by atoms with E-state index in [1.165, 1.54) is 23.9 Å². The quantitative estimate of drug-likeness (QED) is 0.626. The Kier molecular flexibility index (Phi) is 5.95. The highest BCUT2D eigenvalue weighted by Gasteiger charge is 2.02. The van der Waals surface area contributed by atoms with Crippen LogP contribution in [0.5, 0.6) is 0 Å². The zero-order valence-corrected chi connectivity index (χ0v) is 12.3. The summed E-state index contributed by atoms with van der Waals surface area (Å²) in [5.74, 6) is 1.20. The lowest BCUT2D eigenvalue weighted by atomic mass is 10.3. The Morgan fingerprint density at radius 3 is 3.00 bits per heavy atom. The minimum atomic E-state index is -0.214. The zero-order chi connectivity index (χ0) is 14.2. The summed E-state index contributed by atoms with van der Waals surface area (Å²) in [7, 11) is 0. The van der Waals surface area contributed by atoms with Crippen LogP contribution in [0.25, 0.3) is 0 Å². The molecule has 0 radical (unpaired) electrons. The van der Waals surface area contributed by atoms with E-state index in [4.69, 9.17) is 0 Å².